The number of nitro benzene ring substituents is 1. The van der Waals surface area contributed by atoms with E-state index in [2.05, 4.69) is 5.32 Å². The first-order chi connectivity index (χ1) is 20.9. The molecule has 8 nitrogen and oxygen atoms in total. The van der Waals surface area contributed by atoms with Gasteiger partial charge < -0.3 is 14.6 Å². The normalized spacial score (nSPS) is 11.7. The van der Waals surface area contributed by atoms with Gasteiger partial charge in [0.1, 0.15) is 17.4 Å². The van der Waals surface area contributed by atoms with Crippen LogP contribution in [0.4, 0.5) is 24.5 Å². The van der Waals surface area contributed by atoms with Gasteiger partial charge in [-0.3, -0.25) is 14.9 Å². The van der Waals surface area contributed by atoms with Crippen molar-refractivity contribution in [1.29, 1.82) is 5.26 Å². The van der Waals surface area contributed by atoms with Gasteiger partial charge in [-0.15, -0.1) is 0 Å². The van der Waals surface area contributed by atoms with Crippen molar-refractivity contribution in [2.45, 2.75) is 20.0 Å². The second-order valence-electron chi connectivity index (χ2n) is 9.88. The van der Waals surface area contributed by atoms with E-state index >= 15 is 0 Å². The number of aryl methyl sites for hydroxylation is 1. The number of nitro groups is 1. The number of halogens is 3. The van der Waals surface area contributed by atoms with Gasteiger partial charge in [0.25, 0.3) is 5.91 Å². The highest BCUT2D eigenvalue weighted by Crippen LogP contribution is 2.38. The summed E-state index contributed by atoms with van der Waals surface area (Å²) >= 11 is 0. The van der Waals surface area contributed by atoms with Crippen LogP contribution in [0.2, 0.25) is 0 Å². The molecule has 1 aromatic heterocycles. The predicted molar refractivity (Wildman–Crippen MR) is 160 cm³/mol. The number of nitriles is 1. The van der Waals surface area contributed by atoms with Gasteiger partial charge in [0.2, 0.25) is 5.75 Å². The van der Waals surface area contributed by atoms with Crippen LogP contribution in [0.1, 0.15) is 22.5 Å². The summed E-state index contributed by atoms with van der Waals surface area (Å²) in [6, 6.07) is 25.5. The largest absolute Gasteiger partial charge is 0.450 e. The molecule has 4 aromatic carbocycles. The molecule has 0 aliphatic rings. The van der Waals surface area contributed by atoms with Crippen molar-refractivity contribution >= 4 is 34.1 Å². The van der Waals surface area contributed by atoms with Crippen molar-refractivity contribution in [2.75, 3.05) is 5.32 Å². The molecule has 0 aliphatic heterocycles. The van der Waals surface area contributed by atoms with Crippen molar-refractivity contribution in [3.8, 4) is 23.3 Å². The molecule has 0 spiro atoms. The summed E-state index contributed by atoms with van der Waals surface area (Å²) in [5.41, 5.74) is 1.39. The van der Waals surface area contributed by atoms with E-state index in [1.54, 1.807) is 18.2 Å². The second-order valence-corrected chi connectivity index (χ2v) is 9.88. The SMILES string of the molecule is Cc1cc(/C=C(\C#N)C(=O)Nc2ccc3ccccc3c2)c(C)n1-c1ccc(Oc2ccc(C(F)(F)F)cc2[N+](=O)[O-])cc1. The zero-order chi connectivity index (χ0) is 31.6. The van der Waals surface area contributed by atoms with E-state index in [0.717, 1.165) is 34.3 Å². The summed E-state index contributed by atoms with van der Waals surface area (Å²) in [7, 11) is 0. The van der Waals surface area contributed by atoms with Gasteiger partial charge >= 0.3 is 11.9 Å². The molecular weight excluding hydrogens is 573 g/mol. The van der Waals surface area contributed by atoms with Gasteiger partial charge in [-0.1, -0.05) is 30.3 Å². The van der Waals surface area contributed by atoms with E-state index in [1.165, 1.54) is 18.2 Å². The summed E-state index contributed by atoms with van der Waals surface area (Å²) in [5, 5.41) is 25.9. The molecule has 0 bridgehead atoms. The maximum Gasteiger partial charge on any atom is 0.416 e. The Hall–Kier alpha value is -5.89. The van der Waals surface area contributed by atoms with Crippen LogP contribution in [-0.2, 0) is 11.0 Å². The Morgan fingerprint density at radius 1 is 0.977 bits per heavy atom. The average molecular weight is 597 g/mol. The van der Waals surface area contributed by atoms with Crippen LogP contribution in [0.5, 0.6) is 11.5 Å². The number of nitrogens with zero attached hydrogens (tertiary/aromatic N) is 3. The van der Waals surface area contributed by atoms with Gasteiger partial charge in [-0.25, -0.2) is 0 Å². The third-order valence-electron chi connectivity index (χ3n) is 6.95. The number of amides is 1. The number of hydrogen-bond donors (Lipinski definition) is 1. The van der Waals surface area contributed by atoms with Crippen LogP contribution in [-0.4, -0.2) is 15.4 Å². The number of anilines is 1. The number of carbonyl (C=O) groups is 1. The number of hydrogen-bond acceptors (Lipinski definition) is 5. The Morgan fingerprint density at radius 2 is 1.68 bits per heavy atom. The van der Waals surface area contributed by atoms with Crippen molar-refractivity contribution < 1.29 is 27.6 Å². The lowest BCUT2D eigenvalue weighted by Gasteiger charge is -2.12. The van der Waals surface area contributed by atoms with Gasteiger partial charge in [-0.2, -0.15) is 18.4 Å². The van der Waals surface area contributed by atoms with E-state index in [0.29, 0.717) is 23.0 Å². The summed E-state index contributed by atoms with van der Waals surface area (Å²) in [5.74, 6) is -0.703. The molecule has 1 N–H and O–H groups in total. The molecule has 0 aliphatic carbocycles. The second kappa shape index (κ2) is 11.8. The van der Waals surface area contributed by atoms with Crippen molar-refractivity contribution in [2.24, 2.45) is 0 Å². The Labute approximate surface area is 249 Å². The number of rotatable bonds is 7. The Kier molecular flexibility index (Phi) is 7.92. The van der Waals surface area contributed by atoms with Crippen LogP contribution in [0.15, 0.2) is 96.6 Å². The zero-order valence-corrected chi connectivity index (χ0v) is 23.3. The van der Waals surface area contributed by atoms with E-state index in [1.807, 2.05) is 66.9 Å². The highest BCUT2D eigenvalue weighted by atomic mass is 19.4. The first-order valence-electron chi connectivity index (χ1n) is 13.2. The molecule has 5 aromatic rings. The third-order valence-corrected chi connectivity index (χ3v) is 6.95. The van der Waals surface area contributed by atoms with E-state index in [-0.39, 0.29) is 17.1 Å². The number of fused-ring (bicyclic) bond motifs is 1. The maximum absolute atomic E-state index is 13.0. The smallest absolute Gasteiger partial charge is 0.416 e. The van der Waals surface area contributed by atoms with Gasteiger partial charge in [-0.05, 0) is 90.9 Å². The molecule has 220 valence electrons. The Bertz CT molecular complexity index is 1990. The molecular formula is C33H23F3N4O4. The van der Waals surface area contributed by atoms with Crippen molar-refractivity contribution in [3.05, 3.63) is 129 Å². The monoisotopic (exact) mass is 596 g/mol. The fraction of sp³-hybridized carbons (Fsp3) is 0.0909. The van der Waals surface area contributed by atoms with E-state index < -0.39 is 28.3 Å². The molecule has 0 saturated heterocycles. The van der Waals surface area contributed by atoms with E-state index in [9.17, 15) is 33.3 Å². The summed E-state index contributed by atoms with van der Waals surface area (Å²) in [4.78, 5) is 23.4. The van der Waals surface area contributed by atoms with E-state index in [4.69, 9.17) is 4.74 Å². The molecule has 5 rings (SSSR count). The number of nitrogens with one attached hydrogen (secondary N) is 1. The summed E-state index contributed by atoms with van der Waals surface area (Å²) in [6.45, 7) is 3.67. The van der Waals surface area contributed by atoms with Crippen LogP contribution in [0.3, 0.4) is 0 Å². The fourth-order valence-corrected chi connectivity index (χ4v) is 4.81. The molecule has 0 saturated carbocycles. The Morgan fingerprint density at radius 3 is 2.34 bits per heavy atom. The van der Waals surface area contributed by atoms with Crippen LogP contribution < -0.4 is 10.1 Å². The van der Waals surface area contributed by atoms with Crippen LogP contribution >= 0.6 is 0 Å². The lowest BCUT2D eigenvalue weighted by Crippen LogP contribution is -2.13. The summed E-state index contributed by atoms with van der Waals surface area (Å²) < 4.78 is 46.5. The minimum atomic E-state index is -4.74. The minimum absolute atomic E-state index is 0.0831. The quantitative estimate of drug-likeness (QED) is 0.0877. The van der Waals surface area contributed by atoms with Gasteiger partial charge in [0.05, 0.1) is 10.5 Å². The number of alkyl halides is 3. The average Bonchev–Trinajstić information content (AvgIpc) is 3.27. The topological polar surface area (TPSA) is 110 Å². The van der Waals surface area contributed by atoms with Gasteiger partial charge in [0, 0.05) is 28.8 Å². The number of aromatic nitrogens is 1. The number of carbonyl (C=O) groups excluding carboxylic acids is 1. The standard InChI is InChI=1S/C33H23F3N4O4/c1-20-15-24(16-25(19-37)32(41)38-27-9-7-22-5-3-4-6-23(22)17-27)21(2)39(20)28-10-12-29(13-11-28)44-31-14-8-26(33(34,35)36)18-30(31)40(42)43/h3-18H,1-2H3,(H,38,41)/b25-16+. The van der Waals surface area contributed by atoms with Gasteiger partial charge in [0.15, 0.2) is 0 Å². The number of benzene rings is 4. The first kappa shape index (κ1) is 29.6. The molecule has 0 unspecified atom stereocenters. The fourth-order valence-electron chi connectivity index (χ4n) is 4.81. The first-order valence-corrected chi connectivity index (χ1v) is 13.2. The van der Waals surface area contributed by atoms with Crippen molar-refractivity contribution in [3.63, 3.8) is 0 Å². The van der Waals surface area contributed by atoms with Crippen LogP contribution in [0, 0.1) is 35.3 Å². The van der Waals surface area contributed by atoms with Crippen LogP contribution in [0.25, 0.3) is 22.5 Å². The highest BCUT2D eigenvalue weighted by molar-refractivity contribution is 6.10. The third kappa shape index (κ3) is 6.15. The maximum atomic E-state index is 13.0. The number of ether oxygens (including phenoxy) is 1. The Balaban J connectivity index is 1.36. The molecule has 44 heavy (non-hydrogen) atoms. The minimum Gasteiger partial charge on any atom is -0.450 e. The predicted octanol–water partition coefficient (Wildman–Crippen LogP) is 8.51. The summed E-state index contributed by atoms with van der Waals surface area (Å²) in [6.07, 6.45) is -3.23. The molecule has 11 heteroatoms. The van der Waals surface area contributed by atoms with Crippen molar-refractivity contribution in [1.82, 2.24) is 4.57 Å². The highest BCUT2D eigenvalue weighted by Gasteiger charge is 2.33. The molecule has 1 heterocycles. The molecule has 0 atom stereocenters. The molecule has 0 fully saturated rings. The molecule has 1 amide bonds. The molecule has 0 radical (unpaired) electrons. The zero-order valence-electron chi connectivity index (χ0n) is 23.3. The lowest BCUT2D eigenvalue weighted by atomic mass is 10.1. The lowest BCUT2D eigenvalue weighted by molar-refractivity contribution is -0.385.